The van der Waals surface area contributed by atoms with Crippen LogP contribution in [0.2, 0.25) is 0 Å². The highest BCUT2D eigenvalue weighted by molar-refractivity contribution is 9.10. The fourth-order valence-corrected chi connectivity index (χ4v) is 2.69. The third-order valence-electron chi connectivity index (χ3n) is 3.50. The van der Waals surface area contributed by atoms with Crippen LogP contribution in [0.25, 0.3) is 0 Å². The summed E-state index contributed by atoms with van der Waals surface area (Å²) in [5.74, 6) is 0.0692. The Morgan fingerprint density at radius 3 is 2.72 bits per heavy atom. The number of anilines is 1. The molecule has 98 valence electrons. The minimum Gasteiger partial charge on any atom is -0.395 e. The molecule has 1 fully saturated rings. The minimum atomic E-state index is 0.0692. The van der Waals surface area contributed by atoms with Gasteiger partial charge >= 0.3 is 0 Å². The number of rotatable bonds is 5. The van der Waals surface area contributed by atoms with E-state index in [1.807, 2.05) is 18.2 Å². The van der Waals surface area contributed by atoms with Crippen molar-refractivity contribution >= 4 is 27.4 Å². The Bertz CT molecular complexity index is 443. The smallest absolute Gasteiger partial charge is 0.161 e. The third-order valence-corrected chi connectivity index (χ3v) is 4.00. The van der Waals surface area contributed by atoms with Crippen molar-refractivity contribution in [1.29, 1.82) is 0 Å². The van der Waals surface area contributed by atoms with Crippen molar-refractivity contribution in [3.63, 3.8) is 0 Å². The first-order valence-corrected chi connectivity index (χ1v) is 7.10. The summed E-state index contributed by atoms with van der Waals surface area (Å²) in [7, 11) is 0. The number of benzene rings is 1. The van der Waals surface area contributed by atoms with E-state index < -0.39 is 0 Å². The van der Waals surface area contributed by atoms with Gasteiger partial charge in [-0.15, -0.1) is 0 Å². The van der Waals surface area contributed by atoms with Crippen LogP contribution in [0.3, 0.4) is 0 Å². The number of halogens is 1. The van der Waals surface area contributed by atoms with Gasteiger partial charge in [0.05, 0.1) is 6.61 Å². The predicted molar refractivity (Wildman–Crippen MR) is 76.2 cm³/mol. The number of carbonyl (C=O) groups is 1. The van der Waals surface area contributed by atoms with E-state index in [1.54, 1.807) is 6.92 Å². The molecule has 1 N–H and O–H groups in total. The molecule has 1 saturated carbocycles. The summed E-state index contributed by atoms with van der Waals surface area (Å²) >= 11 is 3.45. The van der Waals surface area contributed by atoms with Gasteiger partial charge in [-0.1, -0.05) is 15.9 Å². The zero-order valence-electron chi connectivity index (χ0n) is 10.5. The third kappa shape index (κ3) is 2.75. The molecule has 2 rings (SSSR count). The number of aliphatic hydroxyl groups excluding tert-OH is 1. The van der Waals surface area contributed by atoms with Crippen LogP contribution in [-0.4, -0.2) is 30.1 Å². The molecule has 0 heterocycles. The monoisotopic (exact) mass is 311 g/mol. The molecule has 0 radical (unpaired) electrons. The van der Waals surface area contributed by atoms with Crippen LogP contribution < -0.4 is 4.90 Å². The molecule has 1 aliphatic carbocycles. The summed E-state index contributed by atoms with van der Waals surface area (Å²) in [6, 6.07) is 6.18. The molecule has 0 aliphatic heterocycles. The van der Waals surface area contributed by atoms with Crippen LogP contribution in [0, 0.1) is 0 Å². The maximum atomic E-state index is 11.7. The van der Waals surface area contributed by atoms with Crippen LogP contribution in [0.4, 0.5) is 5.69 Å². The quantitative estimate of drug-likeness (QED) is 0.850. The number of ketones is 1. The number of hydrogen-bond donors (Lipinski definition) is 1. The lowest BCUT2D eigenvalue weighted by Gasteiger charge is -2.39. The van der Waals surface area contributed by atoms with E-state index in [-0.39, 0.29) is 12.4 Å². The van der Waals surface area contributed by atoms with Gasteiger partial charge in [0.25, 0.3) is 0 Å². The van der Waals surface area contributed by atoms with Crippen LogP contribution in [0.5, 0.6) is 0 Å². The summed E-state index contributed by atoms with van der Waals surface area (Å²) in [4.78, 5) is 13.9. The second-order valence-electron chi connectivity index (χ2n) is 4.72. The van der Waals surface area contributed by atoms with Crippen molar-refractivity contribution in [2.45, 2.75) is 32.2 Å². The Labute approximate surface area is 116 Å². The molecular formula is C14H18BrNO2. The van der Waals surface area contributed by atoms with E-state index in [4.69, 9.17) is 0 Å². The van der Waals surface area contributed by atoms with Gasteiger partial charge in [0.2, 0.25) is 0 Å². The van der Waals surface area contributed by atoms with Crippen molar-refractivity contribution in [2.24, 2.45) is 0 Å². The molecule has 0 bridgehead atoms. The molecule has 0 aromatic heterocycles. The molecule has 1 aromatic rings. The second kappa shape index (κ2) is 5.85. The summed E-state index contributed by atoms with van der Waals surface area (Å²) in [5.41, 5.74) is 1.68. The fraction of sp³-hybridized carbons (Fsp3) is 0.500. The summed E-state index contributed by atoms with van der Waals surface area (Å²) in [6.07, 6.45) is 3.52. The maximum Gasteiger partial charge on any atom is 0.161 e. The highest BCUT2D eigenvalue weighted by Crippen LogP contribution is 2.33. The van der Waals surface area contributed by atoms with Gasteiger partial charge in [-0.2, -0.15) is 0 Å². The summed E-state index contributed by atoms with van der Waals surface area (Å²) in [5, 5.41) is 9.23. The fourth-order valence-electron chi connectivity index (χ4n) is 2.35. The van der Waals surface area contributed by atoms with Gasteiger partial charge in [-0.3, -0.25) is 4.79 Å². The first-order valence-electron chi connectivity index (χ1n) is 6.31. The SMILES string of the molecule is CC(=O)c1ccc(Br)cc1N(CCO)C1CCC1. The average Bonchev–Trinajstić information content (AvgIpc) is 2.25. The number of hydrogen-bond acceptors (Lipinski definition) is 3. The van der Waals surface area contributed by atoms with Crippen molar-refractivity contribution in [2.75, 3.05) is 18.1 Å². The normalized spacial score (nSPS) is 15.3. The van der Waals surface area contributed by atoms with Gasteiger partial charge in [-0.05, 0) is 44.4 Å². The number of Topliss-reactive ketones (excluding diaryl/α,β-unsaturated/α-hetero) is 1. The van der Waals surface area contributed by atoms with E-state index in [9.17, 15) is 9.90 Å². The van der Waals surface area contributed by atoms with E-state index in [0.717, 1.165) is 28.6 Å². The Morgan fingerprint density at radius 1 is 1.50 bits per heavy atom. The van der Waals surface area contributed by atoms with Crippen molar-refractivity contribution in [1.82, 2.24) is 0 Å². The second-order valence-corrected chi connectivity index (χ2v) is 5.64. The highest BCUT2D eigenvalue weighted by Gasteiger charge is 2.27. The summed E-state index contributed by atoms with van der Waals surface area (Å²) in [6.45, 7) is 2.28. The van der Waals surface area contributed by atoms with Crippen LogP contribution >= 0.6 is 15.9 Å². The molecular weight excluding hydrogens is 294 g/mol. The Balaban J connectivity index is 2.37. The van der Waals surface area contributed by atoms with Gasteiger partial charge in [0.1, 0.15) is 0 Å². The van der Waals surface area contributed by atoms with Crippen LogP contribution in [0.15, 0.2) is 22.7 Å². The van der Waals surface area contributed by atoms with Gasteiger partial charge in [0, 0.05) is 28.3 Å². The molecule has 0 unspecified atom stereocenters. The minimum absolute atomic E-state index is 0.0692. The van der Waals surface area contributed by atoms with Gasteiger partial charge in [-0.25, -0.2) is 0 Å². The van der Waals surface area contributed by atoms with Crippen molar-refractivity contribution < 1.29 is 9.90 Å². The molecule has 0 spiro atoms. The first kappa shape index (κ1) is 13.6. The van der Waals surface area contributed by atoms with E-state index in [2.05, 4.69) is 20.8 Å². The molecule has 1 aromatic carbocycles. The number of aliphatic hydroxyl groups is 1. The standard InChI is InChI=1S/C14H18BrNO2/c1-10(18)13-6-5-11(15)9-14(13)16(7-8-17)12-3-2-4-12/h5-6,9,12,17H,2-4,7-8H2,1H3. The van der Waals surface area contributed by atoms with E-state index >= 15 is 0 Å². The Morgan fingerprint density at radius 2 is 2.22 bits per heavy atom. The lowest BCUT2D eigenvalue weighted by Crippen LogP contribution is -2.42. The van der Waals surface area contributed by atoms with Crippen molar-refractivity contribution in [3.8, 4) is 0 Å². The number of nitrogens with zero attached hydrogens (tertiary/aromatic N) is 1. The summed E-state index contributed by atoms with van der Waals surface area (Å²) < 4.78 is 0.963. The van der Waals surface area contributed by atoms with E-state index in [0.29, 0.717) is 12.6 Å². The van der Waals surface area contributed by atoms with Gasteiger partial charge < -0.3 is 10.0 Å². The zero-order chi connectivity index (χ0) is 13.1. The molecule has 4 heteroatoms. The van der Waals surface area contributed by atoms with Crippen molar-refractivity contribution in [3.05, 3.63) is 28.2 Å². The molecule has 0 amide bonds. The lowest BCUT2D eigenvalue weighted by molar-refractivity contribution is 0.101. The lowest BCUT2D eigenvalue weighted by atomic mass is 9.90. The molecule has 1 aliphatic rings. The Kier molecular flexibility index (Phi) is 4.40. The molecule has 0 saturated heterocycles. The molecule has 3 nitrogen and oxygen atoms in total. The topological polar surface area (TPSA) is 40.5 Å². The molecule has 18 heavy (non-hydrogen) atoms. The first-order chi connectivity index (χ1) is 8.63. The Hall–Kier alpha value is -0.870. The average molecular weight is 312 g/mol. The van der Waals surface area contributed by atoms with Gasteiger partial charge in [0.15, 0.2) is 5.78 Å². The maximum absolute atomic E-state index is 11.7. The van der Waals surface area contributed by atoms with E-state index in [1.165, 1.54) is 6.42 Å². The highest BCUT2D eigenvalue weighted by atomic mass is 79.9. The van der Waals surface area contributed by atoms with Crippen LogP contribution in [-0.2, 0) is 0 Å². The zero-order valence-corrected chi connectivity index (χ0v) is 12.1. The van der Waals surface area contributed by atoms with Crippen LogP contribution in [0.1, 0.15) is 36.5 Å². The predicted octanol–water partition coefficient (Wildman–Crippen LogP) is 3.00. The number of carbonyl (C=O) groups excluding carboxylic acids is 1. The molecule has 0 atom stereocenters. The largest absolute Gasteiger partial charge is 0.395 e.